The third-order valence-corrected chi connectivity index (χ3v) is 4.86. The van der Waals surface area contributed by atoms with E-state index in [1.807, 2.05) is 12.1 Å². The number of carboxylic acids is 1. The van der Waals surface area contributed by atoms with Gasteiger partial charge in [-0.25, -0.2) is 9.18 Å². The van der Waals surface area contributed by atoms with E-state index in [1.54, 1.807) is 30.6 Å². The van der Waals surface area contributed by atoms with E-state index in [1.165, 1.54) is 12.1 Å². The zero-order valence-corrected chi connectivity index (χ0v) is 16.9. The second-order valence-electron chi connectivity index (χ2n) is 6.15. The number of aliphatic carboxylic acids is 1. The number of alkyl halides is 3. The van der Waals surface area contributed by atoms with Crippen LogP contribution in [0.2, 0.25) is 0 Å². The summed E-state index contributed by atoms with van der Waals surface area (Å²) in [6, 6.07) is 11.8. The Bertz CT molecular complexity index is 1320. The third-order valence-electron chi connectivity index (χ3n) is 4.07. The van der Waals surface area contributed by atoms with Crippen LogP contribution in [-0.2, 0) is 4.79 Å². The zero-order chi connectivity index (χ0) is 22.8. The first kappa shape index (κ1) is 22.2. The molecule has 0 atom stereocenters. The van der Waals surface area contributed by atoms with Gasteiger partial charge in [0.25, 0.3) is 5.56 Å². The molecule has 4 rings (SSSR count). The molecular weight excluding hydrogens is 486 g/mol. The molecule has 0 saturated heterocycles. The van der Waals surface area contributed by atoms with Crippen LogP contribution >= 0.6 is 15.9 Å². The van der Waals surface area contributed by atoms with E-state index in [-0.39, 0.29) is 11.4 Å². The summed E-state index contributed by atoms with van der Waals surface area (Å²) < 4.78 is 45.9. The number of aromatic nitrogens is 3. The molecule has 0 amide bonds. The monoisotopic (exact) mass is 497 g/mol. The molecule has 0 aliphatic heterocycles. The molecule has 4 aromatic rings. The van der Waals surface area contributed by atoms with Crippen molar-refractivity contribution in [2.24, 2.45) is 0 Å². The maximum Gasteiger partial charge on any atom is 0.490 e. The summed E-state index contributed by atoms with van der Waals surface area (Å²) in [6.07, 6.45) is -1.82. The molecule has 31 heavy (non-hydrogen) atoms. The molecule has 0 unspecified atom stereocenters. The second kappa shape index (κ2) is 8.72. The van der Waals surface area contributed by atoms with Gasteiger partial charge in [0, 0.05) is 23.5 Å². The smallest absolute Gasteiger partial charge is 0.475 e. The number of pyridine rings is 2. The quantitative estimate of drug-likeness (QED) is 0.334. The Labute approximate surface area is 179 Å². The van der Waals surface area contributed by atoms with Crippen LogP contribution in [0.25, 0.3) is 33.4 Å². The van der Waals surface area contributed by atoms with Crippen LogP contribution in [0.4, 0.5) is 17.6 Å². The van der Waals surface area contributed by atoms with Gasteiger partial charge < -0.3 is 15.1 Å². The summed E-state index contributed by atoms with van der Waals surface area (Å²) in [5.74, 6) is -3.06. The molecule has 3 heterocycles. The van der Waals surface area contributed by atoms with Gasteiger partial charge in [-0.05, 0) is 46.3 Å². The van der Waals surface area contributed by atoms with Crippen molar-refractivity contribution in [3.05, 3.63) is 75.5 Å². The largest absolute Gasteiger partial charge is 0.490 e. The highest BCUT2D eigenvalue weighted by Gasteiger charge is 2.38. The van der Waals surface area contributed by atoms with Gasteiger partial charge in [-0.1, -0.05) is 12.1 Å². The lowest BCUT2D eigenvalue weighted by molar-refractivity contribution is -0.192. The van der Waals surface area contributed by atoms with Gasteiger partial charge in [0.1, 0.15) is 5.82 Å². The molecule has 0 saturated carbocycles. The number of aromatic amines is 2. The summed E-state index contributed by atoms with van der Waals surface area (Å²) in [7, 11) is 0. The number of fused-ring (bicyclic) bond motifs is 1. The first-order valence-corrected chi connectivity index (χ1v) is 9.28. The average molecular weight is 498 g/mol. The number of hydrogen-bond acceptors (Lipinski definition) is 3. The number of carboxylic acid groups (broad SMARTS) is 1. The first-order chi connectivity index (χ1) is 14.6. The molecule has 160 valence electrons. The van der Waals surface area contributed by atoms with Crippen molar-refractivity contribution in [1.29, 1.82) is 0 Å². The summed E-state index contributed by atoms with van der Waals surface area (Å²) >= 11 is 3.50. The number of benzene rings is 1. The summed E-state index contributed by atoms with van der Waals surface area (Å²) in [4.78, 5) is 31.1. The number of halogens is 5. The van der Waals surface area contributed by atoms with Gasteiger partial charge in [-0.15, -0.1) is 0 Å². The van der Waals surface area contributed by atoms with E-state index in [0.717, 1.165) is 16.8 Å². The van der Waals surface area contributed by atoms with Gasteiger partial charge in [-0.2, -0.15) is 13.2 Å². The van der Waals surface area contributed by atoms with Crippen LogP contribution < -0.4 is 5.56 Å². The fourth-order valence-electron chi connectivity index (χ4n) is 2.71. The van der Waals surface area contributed by atoms with Crippen molar-refractivity contribution < 1.29 is 27.5 Å². The van der Waals surface area contributed by atoms with Gasteiger partial charge >= 0.3 is 12.1 Å². The van der Waals surface area contributed by atoms with Crippen LogP contribution in [0.15, 0.2) is 64.1 Å². The van der Waals surface area contributed by atoms with Gasteiger partial charge in [-0.3, -0.25) is 9.78 Å². The fraction of sp³-hybridized carbons (Fsp3) is 0.0500. The molecule has 0 spiro atoms. The van der Waals surface area contributed by atoms with Crippen LogP contribution in [-0.4, -0.2) is 32.2 Å². The fourth-order valence-corrected chi connectivity index (χ4v) is 3.43. The Hall–Kier alpha value is -3.47. The lowest BCUT2D eigenvalue weighted by atomic mass is 10.1. The van der Waals surface area contributed by atoms with Gasteiger partial charge in [0.05, 0.1) is 26.8 Å². The number of nitrogens with zero attached hydrogens (tertiary/aromatic N) is 1. The minimum Gasteiger partial charge on any atom is -0.475 e. The predicted molar refractivity (Wildman–Crippen MR) is 109 cm³/mol. The molecule has 3 aromatic heterocycles. The maximum atomic E-state index is 13.4. The van der Waals surface area contributed by atoms with Crippen molar-refractivity contribution in [2.75, 3.05) is 0 Å². The number of rotatable bonds is 2. The molecule has 0 bridgehead atoms. The number of carbonyl (C=O) groups is 1. The number of H-pyrrole nitrogens is 2. The molecular formula is C20H12BrF4N3O3. The summed E-state index contributed by atoms with van der Waals surface area (Å²) in [5.41, 5.74) is 3.56. The Kier molecular flexibility index (Phi) is 6.25. The standard InChI is InChI=1S/C18H11BrFN3O.C2HF3O2/c19-16-15-13(5-7-22-18(15)24)23-17(16)11-4-6-21-14(9-11)10-2-1-3-12(20)8-10;3-2(4,5)1(6)7/h1-9,23H,(H,22,24);(H,6,7). The molecule has 0 radical (unpaired) electrons. The third kappa shape index (κ3) is 5.00. The summed E-state index contributed by atoms with van der Waals surface area (Å²) in [6.45, 7) is 0. The topological polar surface area (TPSA) is 98.8 Å². The highest BCUT2D eigenvalue weighted by atomic mass is 79.9. The number of hydrogen-bond donors (Lipinski definition) is 3. The molecule has 0 aliphatic rings. The van der Waals surface area contributed by atoms with Crippen molar-refractivity contribution >= 4 is 32.8 Å². The van der Waals surface area contributed by atoms with E-state index < -0.39 is 12.1 Å². The average Bonchev–Trinajstić information content (AvgIpc) is 3.06. The van der Waals surface area contributed by atoms with Crippen LogP contribution in [0, 0.1) is 5.82 Å². The maximum absolute atomic E-state index is 13.4. The lowest BCUT2D eigenvalue weighted by Crippen LogP contribution is -2.21. The molecule has 1 aromatic carbocycles. The Balaban J connectivity index is 0.000000339. The zero-order valence-electron chi connectivity index (χ0n) is 15.3. The molecule has 0 fully saturated rings. The Morgan fingerprint density at radius 1 is 1.10 bits per heavy atom. The minimum absolute atomic E-state index is 0.165. The van der Waals surface area contributed by atoms with Crippen molar-refractivity contribution in [3.8, 4) is 22.5 Å². The SMILES string of the molecule is O=C(O)C(F)(F)F.O=c1[nH]ccc2[nH]c(-c3ccnc(-c4cccc(F)c4)c3)c(Br)c12. The first-order valence-electron chi connectivity index (χ1n) is 8.49. The Morgan fingerprint density at radius 3 is 2.42 bits per heavy atom. The highest BCUT2D eigenvalue weighted by molar-refractivity contribution is 9.10. The van der Waals surface area contributed by atoms with E-state index in [2.05, 4.69) is 30.9 Å². The number of nitrogens with one attached hydrogen (secondary N) is 2. The van der Waals surface area contributed by atoms with E-state index >= 15 is 0 Å². The van der Waals surface area contributed by atoms with Gasteiger partial charge in [0.15, 0.2) is 0 Å². The molecule has 3 N–H and O–H groups in total. The molecule has 0 aliphatic carbocycles. The molecule has 11 heteroatoms. The lowest BCUT2D eigenvalue weighted by Gasteiger charge is -2.04. The normalized spacial score (nSPS) is 11.1. The molecule has 6 nitrogen and oxygen atoms in total. The van der Waals surface area contributed by atoms with Crippen LogP contribution in [0.5, 0.6) is 0 Å². The van der Waals surface area contributed by atoms with Crippen molar-refractivity contribution in [1.82, 2.24) is 15.0 Å². The van der Waals surface area contributed by atoms with Crippen molar-refractivity contribution in [2.45, 2.75) is 6.18 Å². The van der Waals surface area contributed by atoms with E-state index in [4.69, 9.17) is 9.90 Å². The van der Waals surface area contributed by atoms with Crippen LogP contribution in [0.1, 0.15) is 0 Å². The second-order valence-corrected chi connectivity index (χ2v) is 6.95. The summed E-state index contributed by atoms with van der Waals surface area (Å²) in [5, 5.41) is 7.69. The van der Waals surface area contributed by atoms with Crippen LogP contribution in [0.3, 0.4) is 0 Å². The Morgan fingerprint density at radius 2 is 1.81 bits per heavy atom. The highest BCUT2D eigenvalue weighted by Crippen LogP contribution is 2.34. The minimum atomic E-state index is -5.08. The van der Waals surface area contributed by atoms with Gasteiger partial charge in [0.2, 0.25) is 0 Å². The van der Waals surface area contributed by atoms with E-state index in [9.17, 15) is 22.4 Å². The van der Waals surface area contributed by atoms with Crippen molar-refractivity contribution in [3.63, 3.8) is 0 Å². The van der Waals surface area contributed by atoms with E-state index in [0.29, 0.717) is 21.1 Å². The predicted octanol–water partition coefficient (Wildman–Crippen LogP) is 5.12.